The molecule has 3 nitrogen and oxygen atoms in total. The van der Waals surface area contributed by atoms with Gasteiger partial charge in [0.25, 0.3) is 0 Å². The minimum absolute atomic E-state index is 0.617. The highest BCUT2D eigenvalue weighted by atomic mass is 32.1. The Bertz CT molecular complexity index is 460. The van der Waals surface area contributed by atoms with Crippen LogP contribution >= 0.6 is 11.3 Å². The van der Waals surface area contributed by atoms with Gasteiger partial charge in [0, 0.05) is 12.7 Å². The molecule has 0 spiro atoms. The largest absolute Gasteiger partial charge is 0.316 e. The van der Waals surface area contributed by atoms with Gasteiger partial charge in [0.15, 0.2) is 0 Å². The predicted molar refractivity (Wildman–Crippen MR) is 62.3 cm³/mol. The first-order valence-electron chi connectivity index (χ1n) is 5.34. The Labute approximate surface area is 92.6 Å². The van der Waals surface area contributed by atoms with Crippen LogP contribution in [-0.4, -0.2) is 23.1 Å². The van der Waals surface area contributed by atoms with Crippen LogP contribution in [0.15, 0.2) is 17.8 Å². The average Bonchev–Trinajstić information content (AvgIpc) is 2.78. The quantitative estimate of drug-likeness (QED) is 0.798. The standard InChI is InChI=1S/C11H13N3S/c1-2-8(6-12-4-1)9-3-5-13-11-10(9)14-7-15-11/h3,5,7-8,12H,1-2,4,6H2/t8-/m0/s1. The molecule has 0 radical (unpaired) electrons. The maximum absolute atomic E-state index is 4.42. The molecule has 1 aliphatic rings. The lowest BCUT2D eigenvalue weighted by atomic mass is 9.92. The smallest absolute Gasteiger partial charge is 0.143 e. The highest BCUT2D eigenvalue weighted by Crippen LogP contribution is 2.29. The van der Waals surface area contributed by atoms with E-state index in [0.29, 0.717) is 5.92 Å². The van der Waals surface area contributed by atoms with Gasteiger partial charge in [-0.05, 0) is 36.9 Å². The fourth-order valence-corrected chi connectivity index (χ4v) is 2.90. The second-order valence-corrected chi connectivity index (χ2v) is 4.78. The highest BCUT2D eigenvalue weighted by Gasteiger charge is 2.18. The lowest BCUT2D eigenvalue weighted by Gasteiger charge is -2.23. The molecular weight excluding hydrogens is 206 g/mol. The minimum atomic E-state index is 0.617. The SMILES string of the molecule is c1cc([C@H]2CCCNC2)c2ncsc2n1. The summed E-state index contributed by atoms with van der Waals surface area (Å²) in [5.74, 6) is 0.617. The number of pyridine rings is 1. The van der Waals surface area contributed by atoms with E-state index >= 15 is 0 Å². The summed E-state index contributed by atoms with van der Waals surface area (Å²) in [6.07, 6.45) is 4.44. The van der Waals surface area contributed by atoms with E-state index < -0.39 is 0 Å². The van der Waals surface area contributed by atoms with E-state index in [1.165, 1.54) is 18.4 Å². The Morgan fingerprint density at radius 1 is 1.40 bits per heavy atom. The molecule has 78 valence electrons. The molecule has 0 saturated carbocycles. The summed E-state index contributed by atoms with van der Waals surface area (Å²) in [4.78, 5) is 9.82. The molecule has 0 amide bonds. The number of hydrogen-bond acceptors (Lipinski definition) is 4. The van der Waals surface area contributed by atoms with Crippen molar-refractivity contribution in [2.75, 3.05) is 13.1 Å². The number of nitrogens with zero attached hydrogens (tertiary/aromatic N) is 2. The Morgan fingerprint density at radius 3 is 3.27 bits per heavy atom. The van der Waals surface area contributed by atoms with E-state index in [0.717, 1.165) is 23.4 Å². The first-order valence-corrected chi connectivity index (χ1v) is 6.22. The number of fused-ring (bicyclic) bond motifs is 1. The summed E-state index contributed by atoms with van der Waals surface area (Å²) in [7, 11) is 0. The van der Waals surface area contributed by atoms with E-state index in [1.807, 2.05) is 11.7 Å². The number of nitrogens with one attached hydrogen (secondary N) is 1. The Kier molecular flexibility index (Phi) is 2.38. The van der Waals surface area contributed by atoms with Crippen molar-refractivity contribution in [2.24, 2.45) is 0 Å². The van der Waals surface area contributed by atoms with Crippen molar-refractivity contribution in [2.45, 2.75) is 18.8 Å². The maximum atomic E-state index is 4.42. The zero-order valence-corrected chi connectivity index (χ0v) is 9.26. The van der Waals surface area contributed by atoms with Crippen molar-refractivity contribution in [3.8, 4) is 0 Å². The van der Waals surface area contributed by atoms with E-state index in [-0.39, 0.29) is 0 Å². The number of rotatable bonds is 1. The molecule has 3 rings (SSSR count). The number of piperidine rings is 1. The van der Waals surface area contributed by atoms with Crippen LogP contribution < -0.4 is 5.32 Å². The summed E-state index contributed by atoms with van der Waals surface area (Å²) in [5.41, 5.74) is 4.36. The van der Waals surface area contributed by atoms with E-state index in [2.05, 4.69) is 21.4 Å². The van der Waals surface area contributed by atoms with Gasteiger partial charge in [-0.2, -0.15) is 0 Å². The molecule has 1 saturated heterocycles. The molecule has 0 unspecified atom stereocenters. The van der Waals surface area contributed by atoms with Crippen molar-refractivity contribution in [3.63, 3.8) is 0 Å². The van der Waals surface area contributed by atoms with Crippen LogP contribution in [0.4, 0.5) is 0 Å². The zero-order chi connectivity index (χ0) is 10.1. The van der Waals surface area contributed by atoms with Crippen molar-refractivity contribution >= 4 is 21.7 Å². The van der Waals surface area contributed by atoms with E-state index in [9.17, 15) is 0 Å². The first-order chi connectivity index (χ1) is 7.45. The van der Waals surface area contributed by atoms with Crippen molar-refractivity contribution < 1.29 is 0 Å². The molecule has 15 heavy (non-hydrogen) atoms. The lowest BCUT2D eigenvalue weighted by molar-refractivity contribution is 0.463. The Hall–Kier alpha value is -1.00. The van der Waals surface area contributed by atoms with Crippen LogP contribution in [0, 0.1) is 0 Å². The second-order valence-electron chi connectivity index (χ2n) is 3.95. The van der Waals surface area contributed by atoms with E-state index in [1.54, 1.807) is 11.3 Å². The van der Waals surface area contributed by atoms with E-state index in [4.69, 9.17) is 0 Å². The fourth-order valence-electron chi connectivity index (χ4n) is 2.24. The molecular formula is C11H13N3S. The summed E-state index contributed by atoms with van der Waals surface area (Å²) in [6, 6.07) is 2.12. The molecule has 1 atom stereocenters. The van der Waals surface area contributed by atoms with Crippen LogP contribution in [-0.2, 0) is 0 Å². The highest BCUT2D eigenvalue weighted by molar-refractivity contribution is 7.16. The van der Waals surface area contributed by atoms with Gasteiger partial charge in [-0.25, -0.2) is 9.97 Å². The fraction of sp³-hybridized carbons (Fsp3) is 0.455. The lowest BCUT2D eigenvalue weighted by Crippen LogP contribution is -2.28. The third kappa shape index (κ3) is 1.64. The van der Waals surface area contributed by atoms with Gasteiger partial charge in [-0.3, -0.25) is 0 Å². The molecule has 3 heterocycles. The molecule has 1 N–H and O–H groups in total. The monoisotopic (exact) mass is 219 g/mol. The Balaban J connectivity index is 2.05. The summed E-state index contributed by atoms with van der Waals surface area (Å²) >= 11 is 1.62. The summed E-state index contributed by atoms with van der Waals surface area (Å²) in [6.45, 7) is 2.23. The van der Waals surface area contributed by atoms with Gasteiger partial charge in [0.2, 0.25) is 0 Å². The first kappa shape index (κ1) is 9.24. The second kappa shape index (κ2) is 3.87. The number of thiazole rings is 1. The minimum Gasteiger partial charge on any atom is -0.316 e. The Morgan fingerprint density at radius 2 is 2.40 bits per heavy atom. The summed E-state index contributed by atoms with van der Waals surface area (Å²) < 4.78 is 0. The van der Waals surface area contributed by atoms with Crippen LogP contribution in [0.1, 0.15) is 24.3 Å². The van der Waals surface area contributed by atoms with Gasteiger partial charge >= 0.3 is 0 Å². The molecule has 2 aromatic heterocycles. The molecule has 2 aromatic rings. The number of hydrogen-bond donors (Lipinski definition) is 1. The summed E-state index contributed by atoms with van der Waals surface area (Å²) in [5, 5.41) is 3.45. The van der Waals surface area contributed by atoms with Crippen molar-refractivity contribution in [3.05, 3.63) is 23.3 Å². The molecule has 4 heteroatoms. The molecule has 0 aliphatic carbocycles. The van der Waals surface area contributed by atoms with Crippen molar-refractivity contribution in [1.82, 2.24) is 15.3 Å². The van der Waals surface area contributed by atoms with Crippen LogP contribution in [0.5, 0.6) is 0 Å². The third-order valence-corrected chi connectivity index (χ3v) is 3.74. The van der Waals surface area contributed by atoms with Gasteiger partial charge in [0.1, 0.15) is 10.3 Å². The molecule has 0 aromatic carbocycles. The predicted octanol–water partition coefficient (Wildman–Crippen LogP) is 2.16. The average molecular weight is 219 g/mol. The van der Waals surface area contributed by atoms with Gasteiger partial charge in [-0.15, -0.1) is 11.3 Å². The topological polar surface area (TPSA) is 37.8 Å². The van der Waals surface area contributed by atoms with Gasteiger partial charge in [0.05, 0.1) is 5.51 Å². The molecule has 1 aliphatic heterocycles. The molecule has 1 fully saturated rings. The van der Waals surface area contributed by atoms with Crippen LogP contribution in [0.25, 0.3) is 10.3 Å². The third-order valence-electron chi connectivity index (χ3n) is 3.00. The maximum Gasteiger partial charge on any atom is 0.143 e. The number of aromatic nitrogens is 2. The van der Waals surface area contributed by atoms with Gasteiger partial charge in [-0.1, -0.05) is 0 Å². The van der Waals surface area contributed by atoms with Crippen molar-refractivity contribution in [1.29, 1.82) is 0 Å². The van der Waals surface area contributed by atoms with Crippen LogP contribution in [0.3, 0.4) is 0 Å². The zero-order valence-electron chi connectivity index (χ0n) is 8.44. The van der Waals surface area contributed by atoms with Gasteiger partial charge < -0.3 is 5.32 Å². The normalized spacial score (nSPS) is 22.0. The van der Waals surface area contributed by atoms with Crippen LogP contribution in [0.2, 0.25) is 0 Å². The molecule has 0 bridgehead atoms.